The summed E-state index contributed by atoms with van der Waals surface area (Å²) in [6.07, 6.45) is 3.15. The minimum absolute atomic E-state index is 0.574. The monoisotopic (exact) mass is 267 g/mol. The summed E-state index contributed by atoms with van der Waals surface area (Å²) >= 11 is 0. The van der Waals surface area contributed by atoms with Gasteiger partial charge in [0, 0.05) is 5.92 Å². The highest BCUT2D eigenvalue weighted by molar-refractivity contribution is 5.35. The zero-order valence-electron chi connectivity index (χ0n) is 11.7. The number of nitrogens with two attached hydrogens (primary N) is 1. The lowest BCUT2D eigenvalue weighted by atomic mass is 9.90. The maximum absolute atomic E-state index is 5.85. The van der Waals surface area contributed by atoms with Gasteiger partial charge in [-0.25, -0.2) is 0 Å². The topological polar surface area (TPSA) is 35.2 Å². The Labute approximate surface area is 120 Å². The third kappa shape index (κ3) is 3.02. The van der Waals surface area contributed by atoms with E-state index in [0.29, 0.717) is 12.5 Å². The van der Waals surface area contributed by atoms with Gasteiger partial charge in [0.1, 0.15) is 5.75 Å². The van der Waals surface area contributed by atoms with Crippen LogP contribution in [0.2, 0.25) is 0 Å². The molecule has 0 aromatic heterocycles. The molecule has 0 amide bonds. The third-order valence-electron chi connectivity index (χ3n) is 3.94. The smallest absolute Gasteiger partial charge is 0.122 e. The molecule has 2 heteroatoms. The molecule has 2 aromatic rings. The summed E-state index contributed by atoms with van der Waals surface area (Å²) in [4.78, 5) is 0. The fourth-order valence-corrected chi connectivity index (χ4v) is 2.86. The van der Waals surface area contributed by atoms with E-state index >= 15 is 0 Å². The van der Waals surface area contributed by atoms with Crippen molar-refractivity contribution >= 4 is 0 Å². The molecule has 0 spiro atoms. The first kappa shape index (κ1) is 13.2. The number of para-hydroxylation sites is 1. The van der Waals surface area contributed by atoms with Gasteiger partial charge >= 0.3 is 0 Å². The van der Waals surface area contributed by atoms with Crippen molar-refractivity contribution in [3.05, 3.63) is 65.2 Å². The van der Waals surface area contributed by atoms with E-state index in [1.165, 1.54) is 16.7 Å². The van der Waals surface area contributed by atoms with Crippen molar-refractivity contribution in [3.8, 4) is 5.75 Å². The highest BCUT2D eigenvalue weighted by atomic mass is 16.5. The predicted molar refractivity (Wildman–Crippen MR) is 82.0 cm³/mol. The quantitative estimate of drug-likeness (QED) is 0.924. The first-order valence-electron chi connectivity index (χ1n) is 7.34. The van der Waals surface area contributed by atoms with Crippen LogP contribution in [-0.4, -0.2) is 13.2 Å². The average Bonchev–Trinajstić information content (AvgIpc) is 2.49. The number of rotatable bonds is 4. The Morgan fingerprint density at radius 1 is 1.00 bits per heavy atom. The van der Waals surface area contributed by atoms with Crippen LogP contribution in [0.25, 0.3) is 0 Å². The molecule has 0 saturated heterocycles. The molecule has 20 heavy (non-hydrogen) atoms. The fraction of sp³-hybridized carbons (Fsp3) is 0.333. The zero-order valence-corrected chi connectivity index (χ0v) is 11.7. The molecule has 2 aromatic carbocycles. The van der Waals surface area contributed by atoms with E-state index < -0.39 is 0 Å². The molecule has 0 aliphatic carbocycles. The standard InChI is InChI=1S/C18H21NO/c19-10-9-14-5-7-15(8-6-14)11-16-12-17-3-1-2-4-18(17)20-13-16/h1-8,16H,9-13,19H2/t16-/m1/s1. The Hall–Kier alpha value is -1.80. The molecule has 0 bridgehead atoms. The van der Waals surface area contributed by atoms with E-state index in [-0.39, 0.29) is 0 Å². The summed E-state index contributed by atoms with van der Waals surface area (Å²) in [6.45, 7) is 1.54. The largest absolute Gasteiger partial charge is 0.493 e. The molecule has 2 N–H and O–H groups in total. The number of benzene rings is 2. The van der Waals surface area contributed by atoms with Crippen LogP contribution in [0.5, 0.6) is 5.75 Å². The Morgan fingerprint density at radius 2 is 1.75 bits per heavy atom. The molecule has 1 heterocycles. The summed E-state index contributed by atoms with van der Waals surface area (Å²) in [5.41, 5.74) is 9.62. The van der Waals surface area contributed by atoms with Gasteiger partial charge in [0.25, 0.3) is 0 Å². The van der Waals surface area contributed by atoms with Gasteiger partial charge in [-0.05, 0) is 48.6 Å². The third-order valence-corrected chi connectivity index (χ3v) is 3.94. The maximum atomic E-state index is 5.85. The zero-order chi connectivity index (χ0) is 13.8. The van der Waals surface area contributed by atoms with Gasteiger partial charge in [-0.15, -0.1) is 0 Å². The van der Waals surface area contributed by atoms with Crippen LogP contribution in [0.1, 0.15) is 16.7 Å². The lowest BCUT2D eigenvalue weighted by Gasteiger charge is -2.25. The molecular weight excluding hydrogens is 246 g/mol. The van der Waals surface area contributed by atoms with Crippen molar-refractivity contribution in [3.63, 3.8) is 0 Å². The molecule has 1 atom stereocenters. The van der Waals surface area contributed by atoms with E-state index in [4.69, 9.17) is 10.5 Å². The molecule has 0 saturated carbocycles. The van der Waals surface area contributed by atoms with Crippen molar-refractivity contribution in [2.24, 2.45) is 11.7 Å². The first-order valence-corrected chi connectivity index (χ1v) is 7.34. The lowest BCUT2D eigenvalue weighted by Crippen LogP contribution is -2.22. The summed E-state index contributed by atoms with van der Waals surface area (Å²) in [7, 11) is 0. The molecule has 0 unspecified atom stereocenters. The second-order valence-electron chi connectivity index (χ2n) is 5.55. The predicted octanol–water partition coefficient (Wildman–Crippen LogP) is 2.98. The van der Waals surface area contributed by atoms with Crippen LogP contribution >= 0.6 is 0 Å². The van der Waals surface area contributed by atoms with E-state index in [2.05, 4.69) is 42.5 Å². The molecule has 2 nitrogen and oxygen atoms in total. The van der Waals surface area contributed by atoms with Gasteiger partial charge in [-0.3, -0.25) is 0 Å². The summed E-state index contributed by atoms with van der Waals surface area (Å²) in [6, 6.07) is 17.2. The van der Waals surface area contributed by atoms with Gasteiger partial charge in [-0.1, -0.05) is 42.5 Å². The SMILES string of the molecule is NCCc1ccc(C[C@H]2COc3ccccc3C2)cc1. The molecular formula is C18H21NO. The minimum atomic E-state index is 0.574. The van der Waals surface area contributed by atoms with Crippen molar-refractivity contribution in [2.45, 2.75) is 19.3 Å². The molecule has 1 aliphatic rings. The minimum Gasteiger partial charge on any atom is -0.493 e. The van der Waals surface area contributed by atoms with Crippen molar-refractivity contribution < 1.29 is 4.74 Å². The molecule has 1 aliphatic heterocycles. The van der Waals surface area contributed by atoms with Crippen LogP contribution in [-0.2, 0) is 19.3 Å². The van der Waals surface area contributed by atoms with Gasteiger partial charge in [0.15, 0.2) is 0 Å². The van der Waals surface area contributed by atoms with Gasteiger partial charge in [0.2, 0.25) is 0 Å². The lowest BCUT2D eigenvalue weighted by molar-refractivity contribution is 0.221. The summed E-state index contributed by atoms with van der Waals surface area (Å²) < 4.78 is 5.85. The van der Waals surface area contributed by atoms with Crippen LogP contribution in [0, 0.1) is 5.92 Å². The average molecular weight is 267 g/mol. The molecule has 104 valence electrons. The van der Waals surface area contributed by atoms with Crippen molar-refractivity contribution in [2.75, 3.05) is 13.2 Å². The fourth-order valence-electron chi connectivity index (χ4n) is 2.86. The van der Waals surface area contributed by atoms with E-state index in [9.17, 15) is 0 Å². The summed E-state index contributed by atoms with van der Waals surface area (Å²) in [5.74, 6) is 1.63. The van der Waals surface area contributed by atoms with Crippen LogP contribution in [0.15, 0.2) is 48.5 Å². The van der Waals surface area contributed by atoms with Crippen LogP contribution in [0.3, 0.4) is 0 Å². The van der Waals surface area contributed by atoms with Crippen molar-refractivity contribution in [1.29, 1.82) is 0 Å². The van der Waals surface area contributed by atoms with Gasteiger partial charge in [-0.2, -0.15) is 0 Å². The molecule has 0 fully saturated rings. The number of fused-ring (bicyclic) bond motifs is 1. The Kier molecular flexibility index (Phi) is 4.03. The van der Waals surface area contributed by atoms with E-state index in [1.54, 1.807) is 0 Å². The van der Waals surface area contributed by atoms with E-state index in [0.717, 1.165) is 31.6 Å². The van der Waals surface area contributed by atoms with Crippen LogP contribution in [0.4, 0.5) is 0 Å². The van der Waals surface area contributed by atoms with Crippen molar-refractivity contribution in [1.82, 2.24) is 0 Å². The molecule has 3 rings (SSSR count). The Morgan fingerprint density at radius 3 is 2.55 bits per heavy atom. The molecule has 0 radical (unpaired) electrons. The number of hydrogen-bond acceptors (Lipinski definition) is 2. The highest BCUT2D eigenvalue weighted by Gasteiger charge is 2.19. The Balaban J connectivity index is 1.64. The summed E-state index contributed by atoms with van der Waals surface area (Å²) in [5, 5.41) is 0. The van der Waals surface area contributed by atoms with Crippen LogP contribution < -0.4 is 10.5 Å². The van der Waals surface area contributed by atoms with Gasteiger partial charge in [0.05, 0.1) is 6.61 Å². The first-order chi connectivity index (χ1) is 9.85. The number of hydrogen-bond donors (Lipinski definition) is 1. The second-order valence-corrected chi connectivity index (χ2v) is 5.55. The van der Waals surface area contributed by atoms with E-state index in [1.807, 2.05) is 6.07 Å². The second kappa shape index (κ2) is 6.10. The maximum Gasteiger partial charge on any atom is 0.122 e. The normalized spacial score (nSPS) is 17.4. The highest BCUT2D eigenvalue weighted by Crippen LogP contribution is 2.28. The Bertz CT molecular complexity index is 562. The van der Waals surface area contributed by atoms with Gasteiger partial charge < -0.3 is 10.5 Å². The number of ether oxygens (including phenoxy) is 1.